The average Bonchev–Trinajstić information content (AvgIpc) is 2.38. The molecular weight excluding hydrogens is 223 g/mol. The van der Waals surface area contributed by atoms with Crippen LogP contribution >= 0.6 is 0 Å². The number of rotatable bonds is 4. The van der Waals surface area contributed by atoms with Crippen molar-refractivity contribution in [2.75, 3.05) is 0 Å². The largest absolute Gasteiger partial charge is 0.269 e. The fourth-order valence-corrected chi connectivity index (χ4v) is 1.88. The summed E-state index contributed by atoms with van der Waals surface area (Å²) in [6, 6.07) is 0. The first kappa shape index (κ1) is 19.2. The van der Waals surface area contributed by atoms with Crippen molar-refractivity contribution in [2.45, 2.75) is 47.0 Å². The molecular formula is C17H29F. The zero-order valence-corrected chi connectivity index (χ0v) is 12.4. The van der Waals surface area contributed by atoms with Gasteiger partial charge < -0.3 is 0 Å². The first-order chi connectivity index (χ1) is 8.13. The maximum Gasteiger partial charge on any atom is -0.00483 e. The van der Waals surface area contributed by atoms with Gasteiger partial charge in [-0.25, -0.2) is 0 Å². The molecule has 0 heterocycles. The summed E-state index contributed by atoms with van der Waals surface area (Å²) in [5.41, 5.74) is 3.18. The van der Waals surface area contributed by atoms with Crippen molar-refractivity contribution in [3.05, 3.63) is 48.6 Å². The Morgan fingerprint density at radius 3 is 2.11 bits per heavy atom. The maximum atomic E-state index is 3.00. The van der Waals surface area contributed by atoms with Crippen LogP contribution in [-0.4, -0.2) is 0 Å². The Bertz CT molecular complexity index is 295. The molecule has 1 unspecified atom stereocenters. The topological polar surface area (TPSA) is 0 Å². The van der Waals surface area contributed by atoms with E-state index < -0.39 is 0 Å². The number of hydrogen-bond donors (Lipinski definition) is 0. The highest BCUT2D eigenvalue weighted by atomic mass is 19.0. The molecule has 0 spiro atoms. The fraction of sp³-hybridized carbons (Fsp3) is 0.529. The highest BCUT2D eigenvalue weighted by Gasteiger charge is 2.09. The van der Waals surface area contributed by atoms with Crippen LogP contribution in [0.3, 0.4) is 0 Å². The van der Waals surface area contributed by atoms with Crippen molar-refractivity contribution in [1.82, 2.24) is 0 Å². The summed E-state index contributed by atoms with van der Waals surface area (Å²) in [4.78, 5) is 0. The highest BCUT2D eigenvalue weighted by molar-refractivity contribution is 5.27. The molecule has 0 radical (unpaired) electrons. The van der Waals surface area contributed by atoms with E-state index in [2.05, 4.69) is 65.2 Å². The second-order valence-corrected chi connectivity index (χ2v) is 4.84. The molecule has 0 amide bonds. The van der Waals surface area contributed by atoms with E-state index in [-0.39, 0.29) is 4.70 Å². The van der Waals surface area contributed by atoms with Crippen LogP contribution in [0.25, 0.3) is 0 Å². The molecule has 0 aromatic carbocycles. The quantitative estimate of drug-likeness (QED) is 0.551. The van der Waals surface area contributed by atoms with Crippen LogP contribution in [-0.2, 0) is 0 Å². The highest BCUT2D eigenvalue weighted by Crippen LogP contribution is 2.26. The molecule has 0 N–H and O–H groups in total. The molecule has 0 saturated heterocycles. The lowest BCUT2D eigenvalue weighted by Gasteiger charge is -2.17. The minimum Gasteiger partial charge on any atom is -0.269 e. The number of hydrogen-bond acceptors (Lipinski definition) is 0. The van der Waals surface area contributed by atoms with E-state index in [1.165, 1.54) is 19.3 Å². The van der Waals surface area contributed by atoms with E-state index in [4.69, 9.17) is 0 Å². The minimum absolute atomic E-state index is 0. The third-order valence-electron chi connectivity index (χ3n) is 3.09. The zero-order valence-electron chi connectivity index (χ0n) is 12.4. The summed E-state index contributed by atoms with van der Waals surface area (Å²) in [6.07, 6.45) is 13.0. The van der Waals surface area contributed by atoms with Crippen LogP contribution in [0.4, 0.5) is 4.70 Å². The van der Waals surface area contributed by atoms with Crippen molar-refractivity contribution in [3.63, 3.8) is 0 Å². The van der Waals surface area contributed by atoms with Gasteiger partial charge in [0.2, 0.25) is 0 Å². The third-order valence-corrected chi connectivity index (χ3v) is 3.09. The predicted octanol–water partition coefficient (Wildman–Crippen LogP) is 5.85. The van der Waals surface area contributed by atoms with Crippen LogP contribution in [0.5, 0.6) is 0 Å². The Hall–Kier alpha value is -1.11. The van der Waals surface area contributed by atoms with E-state index in [0.717, 1.165) is 0 Å². The number of allylic oxidation sites excluding steroid dienone is 6. The van der Waals surface area contributed by atoms with Crippen LogP contribution in [0.15, 0.2) is 48.6 Å². The number of halogens is 1. The van der Waals surface area contributed by atoms with Gasteiger partial charge in [-0.2, -0.15) is 0 Å². The molecule has 1 aliphatic carbocycles. The second kappa shape index (κ2) is 11.0. The molecule has 1 rings (SSSR count). The van der Waals surface area contributed by atoms with E-state index in [1.54, 1.807) is 11.1 Å². The molecule has 1 atom stereocenters. The van der Waals surface area contributed by atoms with E-state index >= 15 is 0 Å². The normalized spacial score (nSPS) is 16.3. The Morgan fingerprint density at radius 2 is 1.72 bits per heavy atom. The molecule has 0 aromatic heterocycles. The van der Waals surface area contributed by atoms with Crippen molar-refractivity contribution >= 4 is 0 Å². The van der Waals surface area contributed by atoms with Crippen LogP contribution in [0.2, 0.25) is 0 Å². The summed E-state index contributed by atoms with van der Waals surface area (Å²) in [6.45, 7) is 15.0. The van der Waals surface area contributed by atoms with Gasteiger partial charge in [-0.15, -0.1) is 13.2 Å². The van der Waals surface area contributed by atoms with Crippen molar-refractivity contribution < 1.29 is 4.70 Å². The predicted molar refractivity (Wildman–Crippen MR) is 82.6 cm³/mol. The first-order valence-electron chi connectivity index (χ1n) is 6.70. The second-order valence-electron chi connectivity index (χ2n) is 4.84. The molecule has 0 fully saturated rings. The van der Waals surface area contributed by atoms with Gasteiger partial charge in [0.05, 0.1) is 0 Å². The summed E-state index contributed by atoms with van der Waals surface area (Å²) in [5.74, 6) is 1.28. The molecule has 18 heavy (non-hydrogen) atoms. The van der Waals surface area contributed by atoms with Gasteiger partial charge in [0, 0.05) is 0 Å². The molecule has 0 bridgehead atoms. The molecule has 1 aliphatic rings. The van der Waals surface area contributed by atoms with Crippen molar-refractivity contribution in [3.8, 4) is 0 Å². The van der Waals surface area contributed by atoms with E-state index in [0.29, 0.717) is 11.8 Å². The lowest BCUT2D eigenvalue weighted by molar-refractivity contribution is 0.733. The van der Waals surface area contributed by atoms with Gasteiger partial charge in [-0.3, -0.25) is 4.70 Å². The van der Waals surface area contributed by atoms with Crippen molar-refractivity contribution in [2.24, 2.45) is 11.8 Å². The fourth-order valence-electron chi connectivity index (χ4n) is 1.88. The Balaban J connectivity index is 0. The van der Waals surface area contributed by atoms with Crippen LogP contribution in [0.1, 0.15) is 47.0 Å². The SMILES string of the molecule is C=C.CCC1=CC=C(C(C)/C=C\C(C)C)CC1.F. The van der Waals surface area contributed by atoms with Crippen LogP contribution in [0, 0.1) is 11.8 Å². The van der Waals surface area contributed by atoms with E-state index in [1.807, 2.05) is 0 Å². The smallest absolute Gasteiger partial charge is 0.00483 e. The van der Waals surface area contributed by atoms with Gasteiger partial charge >= 0.3 is 0 Å². The summed E-state index contributed by atoms with van der Waals surface area (Å²) >= 11 is 0. The molecule has 0 saturated carbocycles. The standard InChI is InChI=1S/C15H24.C2H4.FH/c1-5-14-8-10-15(11-9-14)13(4)7-6-12(2)3;1-2;/h6-8,10,12-13H,5,9,11H2,1-4H3;1-2H2;1H/b7-6-;;. The summed E-state index contributed by atoms with van der Waals surface area (Å²) < 4.78 is 0. The molecule has 0 aromatic rings. The van der Waals surface area contributed by atoms with Gasteiger partial charge in [0.25, 0.3) is 0 Å². The summed E-state index contributed by atoms with van der Waals surface area (Å²) in [7, 11) is 0. The lowest BCUT2D eigenvalue weighted by atomic mass is 9.89. The van der Waals surface area contributed by atoms with Crippen LogP contribution < -0.4 is 0 Å². The lowest BCUT2D eigenvalue weighted by Crippen LogP contribution is -2.01. The molecule has 104 valence electrons. The van der Waals surface area contributed by atoms with E-state index in [9.17, 15) is 0 Å². The monoisotopic (exact) mass is 252 g/mol. The van der Waals surface area contributed by atoms with Crippen molar-refractivity contribution in [1.29, 1.82) is 0 Å². The van der Waals surface area contributed by atoms with Gasteiger partial charge in [0.1, 0.15) is 0 Å². The van der Waals surface area contributed by atoms with Gasteiger partial charge in [-0.05, 0) is 31.1 Å². The minimum atomic E-state index is 0. The third kappa shape index (κ3) is 7.26. The molecule has 1 heteroatoms. The first-order valence-corrected chi connectivity index (χ1v) is 6.70. The Morgan fingerprint density at radius 1 is 1.11 bits per heavy atom. The Kier molecular flexibility index (Phi) is 11.8. The maximum absolute atomic E-state index is 3.00. The van der Waals surface area contributed by atoms with Gasteiger partial charge in [0.15, 0.2) is 0 Å². The molecule has 0 aliphatic heterocycles. The Labute approximate surface area is 113 Å². The molecule has 0 nitrogen and oxygen atoms in total. The zero-order chi connectivity index (χ0) is 13.3. The average molecular weight is 252 g/mol. The summed E-state index contributed by atoms with van der Waals surface area (Å²) in [5, 5.41) is 0. The van der Waals surface area contributed by atoms with Gasteiger partial charge in [-0.1, -0.05) is 63.1 Å².